The number of benzene rings is 2. The summed E-state index contributed by atoms with van der Waals surface area (Å²) in [5.41, 5.74) is 2.30. The second-order valence-electron chi connectivity index (χ2n) is 6.75. The van der Waals surface area contributed by atoms with Gasteiger partial charge in [-0.15, -0.1) is 0 Å². The lowest BCUT2D eigenvalue weighted by molar-refractivity contribution is 0.101. The molecule has 0 unspecified atom stereocenters. The van der Waals surface area contributed by atoms with Crippen LogP contribution in [0.15, 0.2) is 57.8 Å². The number of hydrogen-bond donors (Lipinski definition) is 2. The normalized spacial score (nSPS) is 10.9. The van der Waals surface area contributed by atoms with Crippen LogP contribution in [0.4, 0.5) is 5.69 Å². The Morgan fingerprint density at radius 3 is 2.50 bits per heavy atom. The average Bonchev–Trinajstić information content (AvgIpc) is 2.64. The van der Waals surface area contributed by atoms with Crippen molar-refractivity contribution < 1.29 is 9.90 Å². The lowest BCUT2D eigenvalue weighted by Crippen LogP contribution is -2.25. The van der Waals surface area contributed by atoms with E-state index in [1.165, 1.54) is 0 Å². The van der Waals surface area contributed by atoms with Gasteiger partial charge in [-0.05, 0) is 48.2 Å². The first-order valence-corrected chi connectivity index (χ1v) is 9.57. The fourth-order valence-electron chi connectivity index (χ4n) is 2.89. The number of carbonyl (C=O) groups is 1. The van der Waals surface area contributed by atoms with Gasteiger partial charge in [-0.2, -0.15) is 9.78 Å². The number of para-hydroxylation sites is 1. The van der Waals surface area contributed by atoms with Gasteiger partial charge >= 0.3 is 0 Å². The summed E-state index contributed by atoms with van der Waals surface area (Å²) in [6.07, 6.45) is 0. The molecule has 0 aliphatic heterocycles. The number of aryl methyl sites for hydroxylation is 1. The molecule has 0 fully saturated rings. The number of anilines is 1. The van der Waals surface area contributed by atoms with Crippen molar-refractivity contribution in [2.75, 3.05) is 5.32 Å². The highest BCUT2D eigenvalue weighted by molar-refractivity contribution is 9.10. The molecule has 3 aromatic rings. The minimum atomic E-state index is -0.584. The molecular weight excluding hydrogens is 422 g/mol. The second-order valence-corrected chi connectivity index (χ2v) is 7.67. The second kappa shape index (κ2) is 7.98. The molecule has 7 heteroatoms. The van der Waals surface area contributed by atoms with Crippen molar-refractivity contribution in [2.45, 2.75) is 26.7 Å². The van der Waals surface area contributed by atoms with E-state index in [1.54, 1.807) is 24.3 Å². The maximum absolute atomic E-state index is 12.9. The molecule has 6 nitrogen and oxygen atoms in total. The molecule has 0 saturated carbocycles. The van der Waals surface area contributed by atoms with Gasteiger partial charge in [0.2, 0.25) is 0 Å². The zero-order valence-electron chi connectivity index (χ0n) is 15.7. The Morgan fingerprint density at radius 2 is 1.86 bits per heavy atom. The summed E-state index contributed by atoms with van der Waals surface area (Å²) < 4.78 is 1.93. The van der Waals surface area contributed by atoms with Crippen molar-refractivity contribution in [2.24, 2.45) is 0 Å². The van der Waals surface area contributed by atoms with Gasteiger partial charge in [-0.25, -0.2) is 0 Å². The van der Waals surface area contributed by atoms with Crippen molar-refractivity contribution in [1.29, 1.82) is 0 Å². The first-order chi connectivity index (χ1) is 13.3. The zero-order chi connectivity index (χ0) is 20.4. The molecule has 0 aliphatic carbocycles. The topological polar surface area (TPSA) is 84.2 Å². The highest BCUT2D eigenvalue weighted by Gasteiger charge is 2.19. The smallest absolute Gasteiger partial charge is 0.280 e. The summed E-state index contributed by atoms with van der Waals surface area (Å²) in [6, 6.07) is 13.7. The van der Waals surface area contributed by atoms with Gasteiger partial charge in [0.1, 0.15) is 0 Å². The Morgan fingerprint density at radius 1 is 1.18 bits per heavy atom. The van der Waals surface area contributed by atoms with E-state index in [1.807, 2.05) is 39.0 Å². The SMILES string of the molecule is Cc1cccc(C(C)C)c1NC(=O)c1nn(-c2ccc(Br)cc2)c(=O)cc1O. The fourth-order valence-corrected chi connectivity index (χ4v) is 3.16. The molecule has 28 heavy (non-hydrogen) atoms. The predicted molar refractivity (Wildman–Crippen MR) is 112 cm³/mol. The monoisotopic (exact) mass is 441 g/mol. The van der Waals surface area contributed by atoms with Crippen LogP contribution in [0.1, 0.15) is 41.4 Å². The van der Waals surface area contributed by atoms with Crippen LogP contribution in [0.3, 0.4) is 0 Å². The number of aromatic hydroxyl groups is 1. The summed E-state index contributed by atoms with van der Waals surface area (Å²) in [6.45, 7) is 5.97. The van der Waals surface area contributed by atoms with E-state index in [9.17, 15) is 14.7 Å². The fraction of sp³-hybridized carbons (Fsp3) is 0.190. The van der Waals surface area contributed by atoms with Gasteiger partial charge < -0.3 is 10.4 Å². The van der Waals surface area contributed by atoms with Crippen LogP contribution < -0.4 is 10.9 Å². The first-order valence-electron chi connectivity index (χ1n) is 8.78. The van der Waals surface area contributed by atoms with Crippen LogP contribution in [0.25, 0.3) is 5.69 Å². The van der Waals surface area contributed by atoms with Gasteiger partial charge in [0, 0.05) is 16.2 Å². The number of carbonyl (C=O) groups excluding carboxylic acids is 1. The van der Waals surface area contributed by atoms with Crippen molar-refractivity contribution in [3.05, 3.63) is 80.2 Å². The Balaban J connectivity index is 2.03. The van der Waals surface area contributed by atoms with E-state index in [0.29, 0.717) is 11.4 Å². The number of hydrogen-bond acceptors (Lipinski definition) is 4. The van der Waals surface area contributed by atoms with Crippen LogP contribution in [0.5, 0.6) is 5.75 Å². The van der Waals surface area contributed by atoms with Gasteiger partial charge in [-0.3, -0.25) is 9.59 Å². The molecule has 1 aromatic heterocycles. The molecular formula is C21H20BrN3O3. The third-order valence-corrected chi connectivity index (χ3v) is 4.89. The number of amides is 1. The summed E-state index contributed by atoms with van der Waals surface area (Å²) in [4.78, 5) is 25.1. The molecule has 3 rings (SSSR count). The van der Waals surface area contributed by atoms with E-state index in [-0.39, 0.29) is 11.6 Å². The minimum absolute atomic E-state index is 0.202. The van der Waals surface area contributed by atoms with E-state index < -0.39 is 17.2 Å². The molecule has 144 valence electrons. The van der Waals surface area contributed by atoms with Crippen LogP contribution in [0.2, 0.25) is 0 Å². The van der Waals surface area contributed by atoms with Gasteiger partial charge in [0.05, 0.1) is 5.69 Å². The maximum atomic E-state index is 12.9. The molecule has 0 radical (unpaired) electrons. The average molecular weight is 442 g/mol. The van der Waals surface area contributed by atoms with Gasteiger partial charge in [-0.1, -0.05) is 48.0 Å². The molecule has 0 spiro atoms. The van der Waals surface area contributed by atoms with Crippen LogP contribution in [-0.4, -0.2) is 20.8 Å². The minimum Gasteiger partial charge on any atom is -0.505 e. The van der Waals surface area contributed by atoms with Crippen LogP contribution >= 0.6 is 15.9 Å². The first kappa shape index (κ1) is 19.8. The number of aromatic nitrogens is 2. The van der Waals surface area contributed by atoms with Gasteiger partial charge in [0.25, 0.3) is 11.5 Å². The van der Waals surface area contributed by atoms with E-state index in [2.05, 4.69) is 26.3 Å². The van der Waals surface area contributed by atoms with Crippen LogP contribution in [-0.2, 0) is 0 Å². The molecule has 2 aromatic carbocycles. The highest BCUT2D eigenvalue weighted by Crippen LogP contribution is 2.28. The van der Waals surface area contributed by atoms with Crippen LogP contribution in [0, 0.1) is 6.92 Å². The Bertz CT molecular complexity index is 1090. The lowest BCUT2D eigenvalue weighted by Gasteiger charge is -2.16. The van der Waals surface area contributed by atoms with Crippen molar-refractivity contribution in [1.82, 2.24) is 9.78 Å². The molecule has 0 atom stereocenters. The lowest BCUT2D eigenvalue weighted by atomic mass is 9.98. The van der Waals surface area contributed by atoms with Crippen molar-refractivity contribution in [3.63, 3.8) is 0 Å². The number of nitrogens with zero attached hydrogens (tertiary/aromatic N) is 2. The number of rotatable bonds is 4. The van der Waals surface area contributed by atoms with E-state index in [0.717, 1.165) is 26.3 Å². The summed E-state index contributed by atoms with van der Waals surface area (Å²) in [7, 11) is 0. The highest BCUT2D eigenvalue weighted by atomic mass is 79.9. The Kier molecular flexibility index (Phi) is 5.65. The number of nitrogens with one attached hydrogen (secondary N) is 1. The number of halogens is 1. The standard InChI is InChI=1S/C21H20BrN3O3/c1-12(2)16-6-4-5-13(3)19(16)23-21(28)20-17(26)11-18(27)25(24-20)15-9-7-14(22)8-10-15/h4-12,26H,1-3H3,(H,23,28). The largest absolute Gasteiger partial charge is 0.505 e. The Hall–Kier alpha value is -2.93. The van der Waals surface area contributed by atoms with Gasteiger partial charge in [0.15, 0.2) is 11.4 Å². The summed E-state index contributed by atoms with van der Waals surface area (Å²) in [5, 5.41) is 17.1. The zero-order valence-corrected chi connectivity index (χ0v) is 17.3. The summed E-state index contributed by atoms with van der Waals surface area (Å²) >= 11 is 3.34. The van der Waals surface area contributed by atoms with Crippen molar-refractivity contribution in [3.8, 4) is 11.4 Å². The third kappa shape index (κ3) is 3.99. The molecule has 1 heterocycles. The molecule has 0 aliphatic rings. The van der Waals surface area contributed by atoms with E-state index in [4.69, 9.17) is 0 Å². The molecule has 2 N–H and O–H groups in total. The van der Waals surface area contributed by atoms with Crippen molar-refractivity contribution >= 4 is 27.5 Å². The Labute approximate surface area is 171 Å². The maximum Gasteiger partial charge on any atom is 0.280 e. The molecule has 0 bridgehead atoms. The van der Waals surface area contributed by atoms with E-state index >= 15 is 0 Å². The molecule has 0 saturated heterocycles. The quantitative estimate of drug-likeness (QED) is 0.628. The summed E-state index contributed by atoms with van der Waals surface area (Å²) in [5.74, 6) is -0.844. The molecule has 1 amide bonds. The predicted octanol–water partition coefficient (Wildman–Crippen LogP) is 4.38. The third-order valence-electron chi connectivity index (χ3n) is 4.36.